The topological polar surface area (TPSA) is 143 Å². The van der Waals surface area contributed by atoms with Crippen molar-refractivity contribution in [1.29, 1.82) is 5.26 Å². The van der Waals surface area contributed by atoms with Crippen LogP contribution in [-0.2, 0) is 9.47 Å². The third kappa shape index (κ3) is 2.70. The first-order valence-electron chi connectivity index (χ1n) is 6.19. The van der Waals surface area contributed by atoms with E-state index in [4.69, 9.17) is 19.8 Å². The van der Waals surface area contributed by atoms with E-state index in [2.05, 4.69) is 0 Å². The smallest absolute Gasteiger partial charge is 0.189 e. The number of hydrogen-bond acceptors (Lipinski definition) is 8. The highest BCUT2D eigenvalue weighted by Gasteiger charge is 2.48. The Hall–Kier alpha value is -1.05. The van der Waals surface area contributed by atoms with Gasteiger partial charge in [0, 0.05) is 6.42 Å². The van der Waals surface area contributed by atoms with Gasteiger partial charge in [-0.15, -0.1) is 0 Å². The van der Waals surface area contributed by atoms with E-state index in [9.17, 15) is 20.4 Å². The highest BCUT2D eigenvalue weighted by atomic mass is 16.7. The van der Waals surface area contributed by atoms with E-state index in [0.717, 1.165) is 0 Å². The SMILES string of the molecule is N#C[C@]1(O[C@H]2O[C@@H](CO)[C@H](O)[C@@H](O)[C@@H]2O)C=C[C@@H](O)C1. The molecular weight excluding hydrogens is 270 g/mol. The standard InChI is InChI=1S/C12H17NO7/c13-5-12(2-1-6(15)3-12)20-11-10(18)9(17)8(16)7(4-14)19-11/h1-2,6-11,14-18H,3-4H2/t6-,7+,8+,9-,10+,11-,12+/m1/s1. The molecule has 0 bridgehead atoms. The van der Waals surface area contributed by atoms with Crippen molar-refractivity contribution >= 4 is 0 Å². The summed E-state index contributed by atoms with van der Waals surface area (Å²) in [6.45, 7) is -0.581. The number of nitrogens with zero attached hydrogens (tertiary/aromatic N) is 1. The Kier molecular flexibility index (Phi) is 4.41. The monoisotopic (exact) mass is 287 g/mol. The molecule has 0 aromatic heterocycles. The molecule has 2 rings (SSSR count). The molecule has 0 unspecified atom stereocenters. The van der Waals surface area contributed by atoms with Crippen molar-refractivity contribution in [3.63, 3.8) is 0 Å². The molecule has 0 aromatic rings. The van der Waals surface area contributed by atoms with Gasteiger partial charge in [0.25, 0.3) is 0 Å². The summed E-state index contributed by atoms with van der Waals surface area (Å²) in [5, 5.41) is 56.7. The van der Waals surface area contributed by atoms with Crippen LogP contribution in [0.15, 0.2) is 12.2 Å². The first-order chi connectivity index (χ1) is 9.42. The lowest BCUT2D eigenvalue weighted by Crippen LogP contribution is -2.60. The Morgan fingerprint density at radius 2 is 1.95 bits per heavy atom. The maximum absolute atomic E-state index is 9.82. The van der Waals surface area contributed by atoms with E-state index in [1.54, 1.807) is 0 Å². The molecule has 1 heterocycles. The van der Waals surface area contributed by atoms with Crippen LogP contribution in [0.25, 0.3) is 0 Å². The Morgan fingerprint density at radius 1 is 1.25 bits per heavy atom. The molecule has 7 atom stereocenters. The zero-order valence-corrected chi connectivity index (χ0v) is 10.5. The van der Waals surface area contributed by atoms with E-state index in [0.29, 0.717) is 0 Å². The molecule has 8 nitrogen and oxygen atoms in total. The molecule has 1 aliphatic carbocycles. The van der Waals surface area contributed by atoms with Crippen LogP contribution in [0, 0.1) is 11.3 Å². The maximum Gasteiger partial charge on any atom is 0.189 e. The second kappa shape index (κ2) is 5.75. The van der Waals surface area contributed by atoms with Crippen molar-refractivity contribution in [3.8, 4) is 6.07 Å². The van der Waals surface area contributed by atoms with Gasteiger partial charge in [0.1, 0.15) is 30.5 Å². The summed E-state index contributed by atoms with van der Waals surface area (Å²) in [4.78, 5) is 0. The minimum absolute atomic E-state index is 0.0292. The van der Waals surface area contributed by atoms with Gasteiger partial charge in [-0.25, -0.2) is 0 Å². The fourth-order valence-corrected chi connectivity index (χ4v) is 2.28. The molecule has 0 aromatic carbocycles. The number of rotatable bonds is 3. The van der Waals surface area contributed by atoms with Crippen LogP contribution in [0.1, 0.15) is 6.42 Å². The van der Waals surface area contributed by atoms with Crippen LogP contribution in [0.3, 0.4) is 0 Å². The predicted octanol–water partition coefficient (Wildman–Crippen LogP) is -2.61. The molecule has 20 heavy (non-hydrogen) atoms. The Bertz CT molecular complexity index is 421. The lowest BCUT2D eigenvalue weighted by Gasteiger charge is -2.41. The van der Waals surface area contributed by atoms with Crippen LogP contribution < -0.4 is 0 Å². The Labute approximate surface area is 115 Å². The van der Waals surface area contributed by atoms with Gasteiger partial charge in [-0.2, -0.15) is 5.26 Å². The third-order valence-corrected chi connectivity index (χ3v) is 3.46. The van der Waals surface area contributed by atoms with Crippen molar-refractivity contribution < 1.29 is 35.0 Å². The van der Waals surface area contributed by atoms with E-state index in [-0.39, 0.29) is 6.42 Å². The summed E-state index contributed by atoms with van der Waals surface area (Å²) < 4.78 is 10.5. The van der Waals surface area contributed by atoms with Gasteiger partial charge in [-0.05, 0) is 6.08 Å². The highest BCUT2D eigenvalue weighted by Crippen LogP contribution is 2.32. The molecule has 1 aliphatic heterocycles. The van der Waals surface area contributed by atoms with Crippen LogP contribution in [-0.4, -0.2) is 74.6 Å². The second-order valence-electron chi connectivity index (χ2n) is 4.95. The second-order valence-corrected chi connectivity index (χ2v) is 4.95. The number of aliphatic hydroxyl groups excluding tert-OH is 5. The minimum Gasteiger partial charge on any atom is -0.394 e. The molecule has 0 amide bonds. The van der Waals surface area contributed by atoms with Crippen molar-refractivity contribution in [2.45, 2.75) is 48.8 Å². The molecule has 1 saturated heterocycles. The van der Waals surface area contributed by atoms with Crippen molar-refractivity contribution in [3.05, 3.63) is 12.2 Å². The maximum atomic E-state index is 9.82. The summed E-state index contributed by atoms with van der Waals surface area (Å²) in [6, 6.07) is 1.87. The molecule has 0 radical (unpaired) electrons. The van der Waals surface area contributed by atoms with E-state index >= 15 is 0 Å². The highest BCUT2D eigenvalue weighted by molar-refractivity contribution is 5.24. The summed E-state index contributed by atoms with van der Waals surface area (Å²) in [5.74, 6) is 0. The summed E-state index contributed by atoms with van der Waals surface area (Å²) in [7, 11) is 0. The van der Waals surface area contributed by atoms with Crippen molar-refractivity contribution in [2.24, 2.45) is 0 Å². The molecule has 2 aliphatic rings. The third-order valence-electron chi connectivity index (χ3n) is 3.46. The van der Waals surface area contributed by atoms with Gasteiger partial charge in [-0.3, -0.25) is 0 Å². The molecule has 112 valence electrons. The molecule has 5 N–H and O–H groups in total. The first kappa shape index (κ1) is 15.3. The van der Waals surface area contributed by atoms with Gasteiger partial charge in [-0.1, -0.05) is 6.08 Å². The van der Waals surface area contributed by atoms with Gasteiger partial charge in [0.2, 0.25) is 0 Å². The van der Waals surface area contributed by atoms with E-state index in [1.807, 2.05) is 6.07 Å². The number of aliphatic hydroxyl groups is 5. The first-order valence-corrected chi connectivity index (χ1v) is 6.19. The van der Waals surface area contributed by atoms with Gasteiger partial charge < -0.3 is 35.0 Å². The molecule has 1 fully saturated rings. The Balaban J connectivity index is 2.12. The zero-order chi connectivity index (χ0) is 14.9. The van der Waals surface area contributed by atoms with Crippen molar-refractivity contribution in [1.82, 2.24) is 0 Å². The average Bonchev–Trinajstić information content (AvgIpc) is 2.81. The number of hydrogen-bond donors (Lipinski definition) is 5. The van der Waals surface area contributed by atoms with Crippen LogP contribution >= 0.6 is 0 Å². The fraction of sp³-hybridized carbons (Fsp3) is 0.750. The molecule has 0 saturated carbocycles. The number of ether oxygens (including phenoxy) is 2. The largest absolute Gasteiger partial charge is 0.394 e. The van der Waals surface area contributed by atoms with Gasteiger partial charge in [0.05, 0.1) is 12.7 Å². The minimum atomic E-state index is -1.58. The molecule has 0 spiro atoms. The quantitative estimate of drug-likeness (QED) is 0.355. The fourth-order valence-electron chi connectivity index (χ4n) is 2.28. The lowest BCUT2D eigenvalue weighted by atomic mass is 9.98. The summed E-state index contributed by atoms with van der Waals surface area (Å²) in [6.07, 6.45) is -5.30. The normalized spacial score (nSPS) is 48.2. The van der Waals surface area contributed by atoms with Crippen molar-refractivity contribution in [2.75, 3.05) is 6.61 Å². The zero-order valence-electron chi connectivity index (χ0n) is 10.5. The molecular formula is C12H17NO7. The number of nitriles is 1. The van der Waals surface area contributed by atoms with Gasteiger partial charge in [0.15, 0.2) is 11.9 Å². The van der Waals surface area contributed by atoms with E-state index < -0.39 is 49.0 Å². The summed E-state index contributed by atoms with van der Waals surface area (Å²) >= 11 is 0. The molecule has 8 heteroatoms. The summed E-state index contributed by atoms with van der Waals surface area (Å²) in [5.41, 5.74) is -1.48. The lowest BCUT2D eigenvalue weighted by molar-refractivity contribution is -0.315. The Morgan fingerprint density at radius 3 is 2.45 bits per heavy atom. The van der Waals surface area contributed by atoms with Crippen LogP contribution in [0.5, 0.6) is 0 Å². The van der Waals surface area contributed by atoms with Crippen LogP contribution in [0.2, 0.25) is 0 Å². The van der Waals surface area contributed by atoms with Gasteiger partial charge >= 0.3 is 0 Å². The average molecular weight is 287 g/mol. The van der Waals surface area contributed by atoms with Crippen LogP contribution in [0.4, 0.5) is 0 Å². The predicted molar refractivity (Wildman–Crippen MR) is 63.0 cm³/mol. The van der Waals surface area contributed by atoms with E-state index in [1.165, 1.54) is 12.2 Å².